The Morgan fingerprint density at radius 1 is 0.731 bits per heavy atom. The summed E-state index contributed by atoms with van der Waals surface area (Å²) in [5.74, 6) is 12.8. The van der Waals surface area contributed by atoms with E-state index in [1.807, 2.05) is 5.57 Å². The van der Waals surface area contributed by atoms with Gasteiger partial charge in [0.15, 0.2) is 0 Å². The van der Waals surface area contributed by atoms with E-state index < -0.39 is 0 Å². The van der Waals surface area contributed by atoms with Gasteiger partial charge in [-0.05, 0) is 128 Å². The van der Waals surface area contributed by atoms with Gasteiger partial charge in [0.05, 0.1) is 0 Å². The second-order valence-electron chi connectivity index (χ2n) is 12.0. The standard InChI is InChI=1S/C25H33N/c1-10(16-6-12-3-11-4-13-7-17(16)22(13)21(11)12)2-20(26)25-18-8-14-5-15-9-19(25)24(15)23(14)18/h11-15,17-19,21-24H,2-9,26H2,1H3/b16-10-,25-20?. The molecule has 0 spiro atoms. The van der Waals surface area contributed by atoms with Crippen LogP contribution >= 0.6 is 0 Å². The van der Waals surface area contributed by atoms with Crippen molar-refractivity contribution in [2.75, 3.05) is 0 Å². The van der Waals surface area contributed by atoms with Gasteiger partial charge in [0, 0.05) is 12.1 Å². The summed E-state index contributed by atoms with van der Waals surface area (Å²) in [4.78, 5) is 0. The molecular formula is C25H33N. The fourth-order valence-corrected chi connectivity index (χ4v) is 10.8. The summed E-state index contributed by atoms with van der Waals surface area (Å²) in [6, 6.07) is 0. The van der Waals surface area contributed by atoms with Crippen molar-refractivity contribution in [2.45, 2.75) is 58.3 Å². The highest BCUT2D eigenvalue weighted by atomic mass is 14.7. The first kappa shape index (κ1) is 14.3. The van der Waals surface area contributed by atoms with E-state index in [1.54, 1.807) is 30.4 Å². The Balaban J connectivity index is 1.11. The summed E-state index contributed by atoms with van der Waals surface area (Å²) in [5, 5.41) is 0. The number of allylic oxidation sites excluding steroid dienone is 3. The van der Waals surface area contributed by atoms with Crippen LogP contribution in [0.1, 0.15) is 58.3 Å². The smallest absolute Gasteiger partial charge is 0.0119 e. The van der Waals surface area contributed by atoms with Crippen molar-refractivity contribution >= 4 is 0 Å². The maximum absolute atomic E-state index is 6.87. The molecule has 0 aliphatic heterocycles. The van der Waals surface area contributed by atoms with Crippen LogP contribution in [0.15, 0.2) is 22.4 Å². The fourth-order valence-electron chi connectivity index (χ4n) is 10.8. The maximum Gasteiger partial charge on any atom is 0.0119 e. The van der Waals surface area contributed by atoms with Crippen molar-refractivity contribution in [1.29, 1.82) is 0 Å². The summed E-state index contributed by atoms with van der Waals surface area (Å²) >= 11 is 0. The lowest BCUT2D eigenvalue weighted by Crippen LogP contribution is -2.49. The van der Waals surface area contributed by atoms with Gasteiger partial charge in [-0.2, -0.15) is 0 Å². The van der Waals surface area contributed by atoms with Gasteiger partial charge in [0.2, 0.25) is 0 Å². The molecule has 12 unspecified atom stereocenters. The first-order valence-electron chi connectivity index (χ1n) is 11.9. The van der Waals surface area contributed by atoms with Gasteiger partial charge in [-0.25, -0.2) is 0 Å². The van der Waals surface area contributed by atoms with Gasteiger partial charge in [-0.3, -0.25) is 0 Å². The van der Waals surface area contributed by atoms with Crippen LogP contribution in [0.4, 0.5) is 0 Å². The SMILES string of the molecule is C/C(CC(N)=C1C2CC3CC4CC1C4C32)=C1\CC2CC3CC4CC1C4C23. The Morgan fingerprint density at radius 2 is 1.27 bits per heavy atom. The average molecular weight is 348 g/mol. The Hall–Kier alpha value is -0.720. The lowest BCUT2D eigenvalue weighted by Gasteiger charge is -2.56. The summed E-state index contributed by atoms with van der Waals surface area (Å²) < 4.78 is 0. The monoisotopic (exact) mass is 347 g/mol. The minimum atomic E-state index is 0.923. The van der Waals surface area contributed by atoms with E-state index in [1.165, 1.54) is 31.4 Å². The molecule has 0 aromatic rings. The highest BCUT2D eigenvalue weighted by Crippen LogP contribution is 2.75. The van der Waals surface area contributed by atoms with E-state index in [4.69, 9.17) is 5.73 Å². The predicted octanol–water partition coefficient (Wildman–Crippen LogP) is 5.14. The molecule has 26 heavy (non-hydrogen) atoms. The molecular weight excluding hydrogens is 314 g/mol. The maximum atomic E-state index is 6.87. The molecule has 8 fully saturated rings. The van der Waals surface area contributed by atoms with Gasteiger partial charge in [-0.1, -0.05) is 11.1 Å². The Bertz CT molecular complexity index is 764. The molecule has 0 saturated heterocycles. The molecule has 0 aromatic carbocycles. The topological polar surface area (TPSA) is 26.0 Å². The first-order chi connectivity index (χ1) is 12.7. The predicted molar refractivity (Wildman–Crippen MR) is 103 cm³/mol. The van der Waals surface area contributed by atoms with Crippen molar-refractivity contribution in [3.8, 4) is 0 Å². The van der Waals surface area contributed by atoms with Crippen molar-refractivity contribution in [2.24, 2.45) is 76.7 Å². The molecule has 8 aliphatic carbocycles. The molecule has 1 heteroatoms. The van der Waals surface area contributed by atoms with Crippen LogP contribution in [0.25, 0.3) is 0 Å². The average Bonchev–Trinajstić information content (AvgIpc) is 3.03. The molecule has 8 rings (SSSR count). The van der Waals surface area contributed by atoms with Crippen LogP contribution in [0, 0.1) is 71.0 Å². The van der Waals surface area contributed by atoms with Crippen molar-refractivity contribution in [3.05, 3.63) is 22.4 Å². The molecule has 0 amide bonds. The Labute approximate surface area is 157 Å². The molecule has 8 saturated carbocycles. The molecule has 0 aromatic heterocycles. The van der Waals surface area contributed by atoms with E-state index in [0.29, 0.717) is 0 Å². The van der Waals surface area contributed by atoms with E-state index >= 15 is 0 Å². The Morgan fingerprint density at radius 3 is 1.96 bits per heavy atom. The molecule has 12 atom stereocenters. The lowest BCUT2D eigenvalue weighted by atomic mass is 9.48. The molecule has 1 nitrogen and oxygen atoms in total. The van der Waals surface area contributed by atoms with Crippen LogP contribution < -0.4 is 5.73 Å². The molecule has 2 N–H and O–H groups in total. The van der Waals surface area contributed by atoms with Crippen molar-refractivity contribution in [1.82, 2.24) is 0 Å². The number of hydrogen-bond donors (Lipinski definition) is 1. The summed E-state index contributed by atoms with van der Waals surface area (Å²) in [5.41, 5.74) is 13.6. The fraction of sp³-hybridized carbons (Fsp3) is 0.840. The third-order valence-electron chi connectivity index (χ3n) is 11.6. The molecule has 0 radical (unpaired) electrons. The summed E-state index contributed by atoms with van der Waals surface area (Å²) in [6.45, 7) is 2.46. The molecule has 138 valence electrons. The third-order valence-corrected chi connectivity index (χ3v) is 11.6. The highest BCUT2D eigenvalue weighted by Gasteiger charge is 2.68. The van der Waals surface area contributed by atoms with E-state index in [9.17, 15) is 0 Å². The zero-order valence-electron chi connectivity index (χ0n) is 16.2. The van der Waals surface area contributed by atoms with Crippen molar-refractivity contribution in [3.63, 3.8) is 0 Å². The van der Waals surface area contributed by atoms with Crippen LogP contribution in [0.2, 0.25) is 0 Å². The molecule has 8 aliphatic rings. The van der Waals surface area contributed by atoms with Gasteiger partial charge >= 0.3 is 0 Å². The van der Waals surface area contributed by atoms with Crippen molar-refractivity contribution < 1.29 is 0 Å². The van der Waals surface area contributed by atoms with Crippen LogP contribution in [0.3, 0.4) is 0 Å². The lowest BCUT2D eigenvalue weighted by molar-refractivity contribution is -0.0243. The second-order valence-corrected chi connectivity index (χ2v) is 12.0. The molecule has 0 heterocycles. The molecule has 0 bridgehead atoms. The normalized spacial score (nSPS) is 63.2. The number of rotatable bonds is 2. The van der Waals surface area contributed by atoms with Gasteiger partial charge < -0.3 is 5.73 Å². The van der Waals surface area contributed by atoms with Gasteiger partial charge in [-0.15, -0.1) is 0 Å². The zero-order chi connectivity index (χ0) is 16.9. The Kier molecular flexibility index (Phi) is 2.37. The summed E-state index contributed by atoms with van der Waals surface area (Å²) in [7, 11) is 0. The number of nitrogens with two attached hydrogens (primary N) is 1. The second kappa shape index (κ2) is 4.31. The quantitative estimate of drug-likeness (QED) is 0.688. The minimum Gasteiger partial charge on any atom is -0.402 e. The number of hydrogen-bond acceptors (Lipinski definition) is 1. The zero-order valence-corrected chi connectivity index (χ0v) is 16.2. The highest BCUT2D eigenvalue weighted by molar-refractivity contribution is 5.38. The van der Waals surface area contributed by atoms with Gasteiger partial charge in [0.25, 0.3) is 0 Å². The van der Waals surface area contributed by atoms with Crippen LogP contribution in [-0.4, -0.2) is 0 Å². The van der Waals surface area contributed by atoms with E-state index in [0.717, 1.165) is 77.4 Å². The van der Waals surface area contributed by atoms with Gasteiger partial charge in [0.1, 0.15) is 0 Å². The van der Waals surface area contributed by atoms with E-state index in [-0.39, 0.29) is 0 Å². The van der Waals surface area contributed by atoms with E-state index in [2.05, 4.69) is 6.92 Å². The first-order valence-corrected chi connectivity index (χ1v) is 11.9. The largest absolute Gasteiger partial charge is 0.402 e. The minimum absolute atomic E-state index is 0.923. The third kappa shape index (κ3) is 1.39. The van der Waals surface area contributed by atoms with Crippen LogP contribution in [0.5, 0.6) is 0 Å². The summed E-state index contributed by atoms with van der Waals surface area (Å²) in [6.07, 6.45) is 11.8. The van der Waals surface area contributed by atoms with Crippen LogP contribution in [-0.2, 0) is 0 Å².